The number of imidazole rings is 1. The van der Waals surface area contributed by atoms with Gasteiger partial charge in [-0.2, -0.15) is 18.3 Å². The van der Waals surface area contributed by atoms with Crippen LogP contribution in [-0.4, -0.2) is 60.1 Å². The van der Waals surface area contributed by atoms with Crippen LogP contribution in [0.25, 0.3) is 0 Å². The molecule has 0 atom stereocenters. The van der Waals surface area contributed by atoms with Gasteiger partial charge in [-0.05, 0) is 17.7 Å². The molecule has 0 aliphatic carbocycles. The summed E-state index contributed by atoms with van der Waals surface area (Å²) in [5.74, 6) is -0.747. The summed E-state index contributed by atoms with van der Waals surface area (Å²) in [4.78, 5) is 20.0. The second-order valence-corrected chi connectivity index (χ2v) is 6.80. The molecule has 4 rings (SSSR count). The van der Waals surface area contributed by atoms with Crippen LogP contribution in [0.3, 0.4) is 0 Å². The first kappa shape index (κ1) is 22.3. The minimum absolute atomic E-state index is 0.665. The number of rotatable bonds is 5. The third-order valence-corrected chi connectivity index (χ3v) is 4.53. The largest absolute Gasteiger partial charge is 0.497 e. The molecular weight excluding hydrogens is 417 g/mol. The molecule has 1 N–H and O–H groups in total. The molecule has 0 radical (unpaired) electrons. The van der Waals surface area contributed by atoms with Gasteiger partial charge in [0.25, 0.3) is 0 Å². The number of aromatic nitrogens is 5. The number of carbonyl (C=O) groups is 1. The Morgan fingerprint density at radius 2 is 1.90 bits per heavy atom. The molecule has 0 saturated carbocycles. The van der Waals surface area contributed by atoms with Crippen LogP contribution in [0.15, 0.2) is 43.1 Å². The van der Waals surface area contributed by atoms with Gasteiger partial charge in [0.15, 0.2) is 0 Å². The van der Waals surface area contributed by atoms with E-state index in [1.807, 2.05) is 12.1 Å². The fourth-order valence-electron chi connectivity index (χ4n) is 3.04. The third-order valence-electron chi connectivity index (χ3n) is 4.53. The average molecular weight is 438 g/mol. The van der Waals surface area contributed by atoms with E-state index in [-0.39, 0.29) is 0 Å². The summed E-state index contributed by atoms with van der Waals surface area (Å²) < 4.78 is 41.0. The van der Waals surface area contributed by atoms with Crippen LogP contribution >= 0.6 is 0 Å². The molecule has 0 bridgehead atoms. The van der Waals surface area contributed by atoms with Crippen molar-refractivity contribution in [3.63, 3.8) is 0 Å². The Kier molecular flexibility index (Phi) is 6.90. The normalized spacial score (nSPS) is 13.8. The Hall–Kier alpha value is -3.41. The van der Waals surface area contributed by atoms with E-state index in [0.29, 0.717) is 6.54 Å². The molecule has 3 aromatic rings. The molecule has 0 spiro atoms. The van der Waals surface area contributed by atoms with E-state index >= 15 is 0 Å². The topological polar surface area (TPSA) is 98.3 Å². The van der Waals surface area contributed by atoms with E-state index < -0.39 is 12.1 Å². The number of fused-ring (bicyclic) bond motifs is 1. The highest BCUT2D eigenvalue weighted by Gasteiger charge is 2.38. The van der Waals surface area contributed by atoms with Gasteiger partial charge >= 0.3 is 12.1 Å². The smallest absolute Gasteiger partial charge is 0.490 e. The Morgan fingerprint density at radius 1 is 1.19 bits per heavy atom. The highest BCUT2D eigenvalue weighted by molar-refractivity contribution is 5.73. The van der Waals surface area contributed by atoms with Gasteiger partial charge in [-0.3, -0.25) is 4.90 Å². The molecule has 9 nitrogen and oxygen atoms in total. The quantitative estimate of drug-likeness (QED) is 0.652. The first-order valence-corrected chi connectivity index (χ1v) is 9.27. The van der Waals surface area contributed by atoms with Gasteiger partial charge < -0.3 is 14.4 Å². The first-order chi connectivity index (χ1) is 14.7. The number of nitrogens with zero attached hydrogens (tertiary/aromatic N) is 6. The van der Waals surface area contributed by atoms with Crippen LogP contribution in [0.1, 0.15) is 17.1 Å². The summed E-state index contributed by atoms with van der Waals surface area (Å²) >= 11 is 0. The van der Waals surface area contributed by atoms with Crippen LogP contribution in [0.4, 0.5) is 13.2 Å². The fraction of sp³-hybridized carbons (Fsp3) is 0.368. The summed E-state index contributed by atoms with van der Waals surface area (Å²) in [7, 11) is 1.69. The lowest BCUT2D eigenvalue weighted by molar-refractivity contribution is -0.192. The maximum Gasteiger partial charge on any atom is 0.490 e. The number of carboxylic acid groups (broad SMARTS) is 1. The van der Waals surface area contributed by atoms with Crippen molar-refractivity contribution in [2.75, 3.05) is 13.7 Å². The number of methoxy groups -OCH3 is 1. The van der Waals surface area contributed by atoms with Gasteiger partial charge in [0.2, 0.25) is 0 Å². The van der Waals surface area contributed by atoms with E-state index in [4.69, 9.17) is 19.6 Å². The predicted molar refractivity (Wildman–Crippen MR) is 102 cm³/mol. The van der Waals surface area contributed by atoms with Crippen LogP contribution in [-0.2, 0) is 31.0 Å². The lowest BCUT2D eigenvalue weighted by atomic mass is 10.2. The number of hydrogen-bond donors (Lipinski definition) is 1. The number of hydrogen-bond acceptors (Lipinski definition) is 6. The molecular formula is C19H21F3N6O3. The highest BCUT2D eigenvalue weighted by Crippen LogP contribution is 2.18. The zero-order chi connectivity index (χ0) is 22.4. The van der Waals surface area contributed by atoms with E-state index in [1.54, 1.807) is 24.4 Å². The van der Waals surface area contributed by atoms with Crippen molar-refractivity contribution >= 4 is 5.97 Å². The van der Waals surface area contributed by atoms with Crippen molar-refractivity contribution in [2.45, 2.75) is 32.4 Å². The number of aliphatic carboxylic acids is 1. The number of ether oxygens (including phenoxy) is 1. The minimum Gasteiger partial charge on any atom is -0.497 e. The fourth-order valence-corrected chi connectivity index (χ4v) is 3.04. The highest BCUT2D eigenvalue weighted by atomic mass is 19.4. The summed E-state index contributed by atoms with van der Waals surface area (Å²) in [6, 6.07) is 8.26. The lowest BCUT2D eigenvalue weighted by Gasteiger charge is -2.27. The predicted octanol–water partition coefficient (Wildman–Crippen LogP) is 2.18. The van der Waals surface area contributed by atoms with E-state index in [1.165, 1.54) is 5.56 Å². The lowest BCUT2D eigenvalue weighted by Crippen LogP contribution is -2.33. The van der Waals surface area contributed by atoms with Crippen LogP contribution < -0.4 is 4.74 Å². The van der Waals surface area contributed by atoms with E-state index in [2.05, 4.69) is 37.9 Å². The van der Waals surface area contributed by atoms with E-state index in [9.17, 15) is 13.2 Å². The second-order valence-electron chi connectivity index (χ2n) is 6.80. The van der Waals surface area contributed by atoms with Crippen LogP contribution in [0, 0.1) is 0 Å². The molecule has 31 heavy (non-hydrogen) atoms. The van der Waals surface area contributed by atoms with Crippen molar-refractivity contribution in [3.05, 3.63) is 60.2 Å². The number of alkyl halides is 3. The van der Waals surface area contributed by atoms with Crippen molar-refractivity contribution in [1.82, 2.24) is 29.2 Å². The number of halogens is 3. The van der Waals surface area contributed by atoms with Gasteiger partial charge in [0.05, 0.1) is 25.9 Å². The Labute approximate surface area is 175 Å². The maximum absolute atomic E-state index is 10.6. The van der Waals surface area contributed by atoms with Gasteiger partial charge in [0, 0.05) is 25.8 Å². The van der Waals surface area contributed by atoms with Crippen LogP contribution in [0.2, 0.25) is 0 Å². The zero-order valence-corrected chi connectivity index (χ0v) is 16.7. The average Bonchev–Trinajstić information content (AvgIpc) is 3.37. The Balaban J connectivity index is 0.000000339. The molecule has 0 fully saturated rings. The van der Waals surface area contributed by atoms with Crippen molar-refractivity contribution < 1.29 is 27.8 Å². The summed E-state index contributed by atoms with van der Waals surface area (Å²) in [6.07, 6.45) is 0.308. The summed E-state index contributed by atoms with van der Waals surface area (Å²) in [6.45, 7) is 4.45. The summed E-state index contributed by atoms with van der Waals surface area (Å²) in [5, 5.41) is 11.3. The molecule has 3 heterocycles. The standard InChI is InChI=1S/C17H20N6O.C2HF3O2/c1-24-16-4-2-14(3-5-16)8-21-6-7-22-9-15(20-17(22)11-21)10-23-13-18-12-19-23;3-2(4,5)1(6)7/h2-5,9,12-13H,6-8,10-11H2,1H3;(H,6,7). The molecule has 2 aromatic heterocycles. The first-order valence-electron chi connectivity index (χ1n) is 9.27. The Morgan fingerprint density at radius 3 is 2.48 bits per heavy atom. The third kappa shape index (κ3) is 6.28. The van der Waals surface area contributed by atoms with Crippen molar-refractivity contribution in [1.29, 1.82) is 0 Å². The monoisotopic (exact) mass is 438 g/mol. The molecule has 12 heteroatoms. The number of benzene rings is 1. The Bertz CT molecular complexity index is 986. The van der Waals surface area contributed by atoms with Gasteiger partial charge in [-0.15, -0.1) is 0 Å². The van der Waals surface area contributed by atoms with Crippen molar-refractivity contribution in [3.8, 4) is 5.75 Å². The second kappa shape index (κ2) is 9.60. The molecule has 166 valence electrons. The van der Waals surface area contributed by atoms with Gasteiger partial charge in [-0.1, -0.05) is 12.1 Å². The SMILES string of the molecule is COc1ccc(CN2CCn3cc(Cn4cncn4)nc3C2)cc1.O=C(O)C(F)(F)F. The van der Waals surface area contributed by atoms with Crippen molar-refractivity contribution in [2.24, 2.45) is 0 Å². The molecule has 1 aliphatic rings. The molecule has 0 unspecified atom stereocenters. The minimum atomic E-state index is -5.08. The molecule has 0 amide bonds. The van der Waals surface area contributed by atoms with Crippen LogP contribution in [0.5, 0.6) is 5.75 Å². The molecule has 0 saturated heterocycles. The summed E-state index contributed by atoms with van der Waals surface area (Å²) in [5.41, 5.74) is 2.32. The molecule has 1 aliphatic heterocycles. The zero-order valence-electron chi connectivity index (χ0n) is 16.7. The van der Waals surface area contributed by atoms with Gasteiger partial charge in [0.1, 0.15) is 24.2 Å². The van der Waals surface area contributed by atoms with Gasteiger partial charge in [-0.25, -0.2) is 19.4 Å². The van der Waals surface area contributed by atoms with E-state index in [0.717, 1.165) is 43.4 Å². The molecule has 1 aromatic carbocycles. The number of carboxylic acids is 1. The maximum atomic E-state index is 10.6.